The van der Waals surface area contributed by atoms with E-state index in [0.29, 0.717) is 6.54 Å². The van der Waals surface area contributed by atoms with Gasteiger partial charge in [0.25, 0.3) is 0 Å². The summed E-state index contributed by atoms with van der Waals surface area (Å²) >= 11 is 0. The zero-order valence-electron chi connectivity index (χ0n) is 12.0. The fourth-order valence-corrected chi connectivity index (χ4v) is 2.84. The number of amides is 1. The van der Waals surface area contributed by atoms with E-state index < -0.39 is 0 Å². The topological polar surface area (TPSA) is 58.4 Å². The molecule has 1 aromatic carbocycles. The molecule has 3 N–H and O–H groups in total. The molecule has 1 aliphatic rings. The van der Waals surface area contributed by atoms with Gasteiger partial charge in [-0.1, -0.05) is 17.7 Å². The van der Waals surface area contributed by atoms with E-state index in [1.807, 2.05) is 6.92 Å². The Bertz CT molecular complexity index is 486. The lowest BCUT2D eigenvalue weighted by Gasteiger charge is -2.25. The Balaban J connectivity index is 2.24. The first kappa shape index (κ1) is 13.9. The molecule has 0 aromatic heterocycles. The van der Waals surface area contributed by atoms with Crippen LogP contribution in [-0.2, 0) is 11.3 Å². The van der Waals surface area contributed by atoms with Crippen LogP contribution in [0.1, 0.15) is 24.5 Å². The molecular formula is C15H23N3O. The predicted octanol–water partition coefficient (Wildman–Crippen LogP) is 1.42. The summed E-state index contributed by atoms with van der Waals surface area (Å²) in [5.74, 6) is 0.122. The van der Waals surface area contributed by atoms with Crippen molar-refractivity contribution in [2.24, 2.45) is 11.1 Å². The van der Waals surface area contributed by atoms with Gasteiger partial charge in [-0.25, -0.2) is 0 Å². The molecule has 19 heavy (non-hydrogen) atoms. The first-order valence-electron chi connectivity index (χ1n) is 6.77. The van der Waals surface area contributed by atoms with Crippen molar-refractivity contribution >= 4 is 11.6 Å². The number of carbonyl (C=O) groups is 1. The Hall–Kier alpha value is -1.55. The summed E-state index contributed by atoms with van der Waals surface area (Å²) in [5.41, 5.74) is 9.08. The van der Waals surface area contributed by atoms with E-state index in [1.54, 1.807) is 7.05 Å². The van der Waals surface area contributed by atoms with Crippen molar-refractivity contribution in [2.75, 3.05) is 25.0 Å². The third-order valence-electron chi connectivity index (χ3n) is 4.04. The van der Waals surface area contributed by atoms with Crippen molar-refractivity contribution in [1.82, 2.24) is 5.32 Å². The zero-order valence-corrected chi connectivity index (χ0v) is 12.0. The van der Waals surface area contributed by atoms with Gasteiger partial charge < -0.3 is 16.0 Å². The molecule has 0 bridgehead atoms. The van der Waals surface area contributed by atoms with Gasteiger partial charge in [0.05, 0.1) is 5.41 Å². The van der Waals surface area contributed by atoms with Gasteiger partial charge in [0.2, 0.25) is 5.91 Å². The Kier molecular flexibility index (Phi) is 3.80. The van der Waals surface area contributed by atoms with Gasteiger partial charge in [0.1, 0.15) is 0 Å². The second kappa shape index (κ2) is 5.21. The van der Waals surface area contributed by atoms with Crippen LogP contribution in [0, 0.1) is 12.3 Å². The Labute approximate surface area is 115 Å². The standard InChI is InChI=1S/C15H23N3O/c1-11-4-5-13(12(8-11)9-16)18-7-6-15(2,10-18)14(19)17-3/h4-5,8H,6-7,9-10,16H2,1-3H3,(H,17,19). The minimum absolute atomic E-state index is 0.122. The molecule has 2 rings (SSSR count). The van der Waals surface area contributed by atoms with Gasteiger partial charge >= 0.3 is 0 Å². The molecule has 1 aromatic rings. The number of hydrogen-bond acceptors (Lipinski definition) is 3. The van der Waals surface area contributed by atoms with Crippen LogP contribution < -0.4 is 16.0 Å². The minimum atomic E-state index is -0.300. The highest BCUT2D eigenvalue weighted by Crippen LogP contribution is 2.35. The normalized spacial score (nSPS) is 22.6. The number of benzene rings is 1. The fraction of sp³-hybridized carbons (Fsp3) is 0.533. The van der Waals surface area contributed by atoms with E-state index >= 15 is 0 Å². The molecule has 0 saturated carbocycles. The largest absolute Gasteiger partial charge is 0.370 e. The second-order valence-electron chi connectivity index (χ2n) is 5.65. The van der Waals surface area contributed by atoms with Gasteiger partial charge in [0, 0.05) is 32.4 Å². The highest BCUT2D eigenvalue weighted by Gasteiger charge is 2.40. The zero-order chi connectivity index (χ0) is 14.0. The molecule has 1 saturated heterocycles. The SMILES string of the molecule is CNC(=O)C1(C)CCN(c2ccc(C)cc2CN)C1. The van der Waals surface area contributed by atoms with E-state index in [9.17, 15) is 4.79 Å². The van der Waals surface area contributed by atoms with E-state index in [0.717, 1.165) is 25.1 Å². The number of nitrogens with two attached hydrogens (primary N) is 1. The summed E-state index contributed by atoms with van der Waals surface area (Å²) in [7, 11) is 1.70. The average Bonchev–Trinajstić information content (AvgIpc) is 2.81. The number of anilines is 1. The number of nitrogens with one attached hydrogen (secondary N) is 1. The van der Waals surface area contributed by atoms with E-state index in [2.05, 4.69) is 35.3 Å². The van der Waals surface area contributed by atoms with Crippen LogP contribution in [0.15, 0.2) is 18.2 Å². The lowest BCUT2D eigenvalue weighted by Crippen LogP contribution is -2.39. The highest BCUT2D eigenvalue weighted by atomic mass is 16.2. The molecular weight excluding hydrogens is 238 g/mol. The quantitative estimate of drug-likeness (QED) is 0.865. The fourth-order valence-electron chi connectivity index (χ4n) is 2.84. The number of aryl methyl sites for hydroxylation is 1. The summed E-state index contributed by atoms with van der Waals surface area (Å²) in [6, 6.07) is 6.35. The van der Waals surface area contributed by atoms with Crippen LogP contribution >= 0.6 is 0 Å². The molecule has 0 aliphatic carbocycles. The summed E-state index contributed by atoms with van der Waals surface area (Å²) in [6.07, 6.45) is 0.880. The Morgan fingerprint density at radius 2 is 2.26 bits per heavy atom. The van der Waals surface area contributed by atoms with Crippen molar-refractivity contribution in [1.29, 1.82) is 0 Å². The summed E-state index contributed by atoms with van der Waals surface area (Å²) < 4.78 is 0. The third kappa shape index (κ3) is 2.59. The van der Waals surface area contributed by atoms with Crippen LogP contribution in [-0.4, -0.2) is 26.0 Å². The lowest BCUT2D eigenvalue weighted by atomic mass is 9.89. The maximum atomic E-state index is 12.0. The van der Waals surface area contributed by atoms with Crippen LogP contribution in [0.2, 0.25) is 0 Å². The highest BCUT2D eigenvalue weighted by molar-refractivity contribution is 5.83. The molecule has 104 valence electrons. The van der Waals surface area contributed by atoms with Gasteiger partial charge in [-0.2, -0.15) is 0 Å². The van der Waals surface area contributed by atoms with Crippen LogP contribution in [0.5, 0.6) is 0 Å². The van der Waals surface area contributed by atoms with Crippen molar-refractivity contribution in [3.63, 3.8) is 0 Å². The summed E-state index contributed by atoms with van der Waals surface area (Å²) in [6.45, 7) is 6.29. The summed E-state index contributed by atoms with van der Waals surface area (Å²) in [5, 5.41) is 2.77. The summed E-state index contributed by atoms with van der Waals surface area (Å²) in [4.78, 5) is 14.2. The number of hydrogen-bond donors (Lipinski definition) is 2. The molecule has 1 fully saturated rings. The first-order chi connectivity index (χ1) is 9.00. The van der Waals surface area contributed by atoms with Crippen LogP contribution in [0.3, 0.4) is 0 Å². The molecule has 1 aliphatic heterocycles. The van der Waals surface area contributed by atoms with E-state index in [4.69, 9.17) is 5.73 Å². The number of carbonyl (C=O) groups excluding carboxylic acids is 1. The second-order valence-corrected chi connectivity index (χ2v) is 5.65. The van der Waals surface area contributed by atoms with Crippen molar-refractivity contribution in [2.45, 2.75) is 26.8 Å². The molecule has 1 amide bonds. The van der Waals surface area contributed by atoms with Gasteiger partial charge in [-0.15, -0.1) is 0 Å². The molecule has 4 nitrogen and oxygen atoms in total. The van der Waals surface area contributed by atoms with Gasteiger partial charge in [-0.05, 0) is 31.9 Å². The minimum Gasteiger partial charge on any atom is -0.370 e. The number of rotatable bonds is 3. The molecule has 1 unspecified atom stereocenters. The van der Waals surface area contributed by atoms with Crippen molar-refractivity contribution < 1.29 is 4.79 Å². The Morgan fingerprint density at radius 3 is 2.89 bits per heavy atom. The molecule has 0 spiro atoms. The molecule has 0 radical (unpaired) electrons. The maximum absolute atomic E-state index is 12.0. The monoisotopic (exact) mass is 261 g/mol. The number of nitrogens with zero attached hydrogens (tertiary/aromatic N) is 1. The average molecular weight is 261 g/mol. The van der Waals surface area contributed by atoms with E-state index in [-0.39, 0.29) is 11.3 Å². The Morgan fingerprint density at radius 1 is 1.53 bits per heavy atom. The molecule has 4 heteroatoms. The van der Waals surface area contributed by atoms with Crippen molar-refractivity contribution in [3.05, 3.63) is 29.3 Å². The predicted molar refractivity (Wildman–Crippen MR) is 78.1 cm³/mol. The first-order valence-corrected chi connectivity index (χ1v) is 6.77. The van der Waals surface area contributed by atoms with E-state index in [1.165, 1.54) is 11.3 Å². The van der Waals surface area contributed by atoms with Gasteiger partial charge in [-0.3, -0.25) is 4.79 Å². The van der Waals surface area contributed by atoms with Crippen LogP contribution in [0.25, 0.3) is 0 Å². The maximum Gasteiger partial charge on any atom is 0.227 e. The van der Waals surface area contributed by atoms with Gasteiger partial charge in [0.15, 0.2) is 0 Å². The lowest BCUT2D eigenvalue weighted by molar-refractivity contribution is -0.128. The third-order valence-corrected chi connectivity index (χ3v) is 4.04. The molecule has 1 heterocycles. The van der Waals surface area contributed by atoms with Crippen LogP contribution in [0.4, 0.5) is 5.69 Å². The smallest absolute Gasteiger partial charge is 0.227 e. The van der Waals surface area contributed by atoms with Crippen molar-refractivity contribution in [3.8, 4) is 0 Å². The molecule has 1 atom stereocenters.